The lowest BCUT2D eigenvalue weighted by Crippen LogP contribution is -2.44. The Morgan fingerprint density at radius 2 is 1.87 bits per heavy atom. The second-order valence-corrected chi connectivity index (χ2v) is 10.7. The van der Waals surface area contributed by atoms with E-state index in [0.29, 0.717) is 73.0 Å². The second-order valence-electron chi connectivity index (χ2n) is 10.7. The maximum atomic E-state index is 14.1. The van der Waals surface area contributed by atoms with Crippen LogP contribution >= 0.6 is 0 Å². The second kappa shape index (κ2) is 12.5. The molecule has 11 heteroatoms. The first-order valence-electron chi connectivity index (χ1n) is 13.9. The Morgan fingerprint density at radius 1 is 1.10 bits per heavy atom. The molecule has 1 aliphatic heterocycles. The summed E-state index contributed by atoms with van der Waals surface area (Å²) >= 11 is 0. The topological polar surface area (TPSA) is 89.4 Å². The number of hydrogen-bond acceptors (Lipinski definition) is 8. The molecule has 0 bridgehead atoms. The van der Waals surface area contributed by atoms with Gasteiger partial charge in [0.05, 0.1) is 36.9 Å². The zero-order chi connectivity index (χ0) is 27.4. The first-order valence-corrected chi connectivity index (χ1v) is 13.9. The molecule has 3 aromatic rings. The van der Waals surface area contributed by atoms with E-state index in [1.807, 2.05) is 6.07 Å². The molecule has 9 nitrogen and oxygen atoms in total. The number of alkyl halides is 2. The maximum Gasteiger partial charge on any atom is 0.296 e. The Hall–Kier alpha value is -2.89. The molecule has 2 aliphatic rings. The molecule has 0 amide bonds. The molecule has 1 aliphatic carbocycles. The summed E-state index contributed by atoms with van der Waals surface area (Å²) < 4.78 is 40.6. The van der Waals surface area contributed by atoms with Crippen LogP contribution in [0.25, 0.3) is 16.9 Å². The molecule has 212 valence electrons. The van der Waals surface area contributed by atoms with Crippen molar-refractivity contribution in [1.82, 2.24) is 24.8 Å². The largest absolute Gasteiger partial charge is 0.383 e. The van der Waals surface area contributed by atoms with E-state index in [1.54, 1.807) is 31.4 Å². The molecule has 2 fully saturated rings. The van der Waals surface area contributed by atoms with Gasteiger partial charge in [-0.25, -0.2) is 13.8 Å². The van der Waals surface area contributed by atoms with E-state index in [-0.39, 0.29) is 11.9 Å². The van der Waals surface area contributed by atoms with E-state index < -0.39 is 6.43 Å². The predicted octanol–water partition coefficient (Wildman–Crippen LogP) is 4.57. The minimum Gasteiger partial charge on any atom is -0.383 e. The standard InChI is InChI=1S/C28H39F2N7O2/c1-18(16-38-3)32-21-10-8-20(9-11-21)15-31-28-34-24(36-12-13-39-17-19(36)2)14-25(35-28)37-23-7-5-4-6-22(23)33-27(37)26(29)30/h4-7,14,18-21,26,32H,8-13,15-17H2,1-3H3,(H,31,34,35)/t18?,19-,20-,21-/m1/s1. The van der Waals surface area contributed by atoms with Crippen molar-refractivity contribution < 1.29 is 18.3 Å². The van der Waals surface area contributed by atoms with Crippen LogP contribution in [0.1, 0.15) is 51.8 Å². The zero-order valence-electron chi connectivity index (χ0n) is 22.9. The van der Waals surface area contributed by atoms with Gasteiger partial charge in [-0.05, 0) is 57.6 Å². The fourth-order valence-corrected chi connectivity index (χ4v) is 5.73. The van der Waals surface area contributed by atoms with Crippen LogP contribution in [-0.2, 0) is 9.47 Å². The van der Waals surface area contributed by atoms with E-state index >= 15 is 0 Å². The van der Waals surface area contributed by atoms with Crippen LogP contribution in [0.5, 0.6) is 0 Å². The summed E-state index contributed by atoms with van der Waals surface area (Å²) in [4.78, 5) is 15.9. The average Bonchev–Trinajstić information content (AvgIpc) is 3.33. The van der Waals surface area contributed by atoms with E-state index in [0.717, 1.165) is 32.2 Å². The Labute approximate surface area is 228 Å². The molecule has 5 rings (SSSR count). The molecule has 2 N–H and O–H groups in total. The van der Waals surface area contributed by atoms with Gasteiger partial charge in [0, 0.05) is 38.3 Å². The van der Waals surface area contributed by atoms with Gasteiger partial charge in [-0.2, -0.15) is 9.97 Å². The molecule has 0 radical (unpaired) electrons. The van der Waals surface area contributed by atoms with Crippen LogP contribution in [0.15, 0.2) is 30.3 Å². The number of fused-ring (bicyclic) bond motifs is 1. The summed E-state index contributed by atoms with van der Waals surface area (Å²) in [5.74, 6) is 1.68. The predicted molar refractivity (Wildman–Crippen MR) is 148 cm³/mol. The SMILES string of the molecule is COCC(C)N[C@H]1CC[C@H](CNc2nc(N3CCOC[C@H]3C)cc(-n3c(C(F)F)nc4ccccc43)n2)CC1. The van der Waals surface area contributed by atoms with Crippen LogP contribution in [0.3, 0.4) is 0 Å². The van der Waals surface area contributed by atoms with Gasteiger partial charge in [-0.15, -0.1) is 0 Å². The van der Waals surface area contributed by atoms with Gasteiger partial charge in [0.25, 0.3) is 6.43 Å². The summed E-state index contributed by atoms with van der Waals surface area (Å²) in [5.41, 5.74) is 1.10. The molecule has 2 atom stereocenters. The summed E-state index contributed by atoms with van der Waals surface area (Å²) in [5, 5.41) is 7.10. The zero-order valence-corrected chi connectivity index (χ0v) is 22.9. The normalized spacial score (nSPS) is 22.9. The van der Waals surface area contributed by atoms with Crippen LogP contribution < -0.4 is 15.5 Å². The number of hydrogen-bond donors (Lipinski definition) is 2. The fourth-order valence-electron chi connectivity index (χ4n) is 5.73. The van der Waals surface area contributed by atoms with Gasteiger partial charge < -0.3 is 25.0 Å². The monoisotopic (exact) mass is 543 g/mol. The molecule has 3 heterocycles. The molecule has 0 spiro atoms. The van der Waals surface area contributed by atoms with Crippen molar-refractivity contribution in [2.75, 3.05) is 50.2 Å². The number of nitrogens with zero attached hydrogens (tertiary/aromatic N) is 5. The van der Waals surface area contributed by atoms with Gasteiger partial charge in [0.15, 0.2) is 5.82 Å². The van der Waals surface area contributed by atoms with Crippen LogP contribution in [0.2, 0.25) is 0 Å². The van der Waals surface area contributed by atoms with E-state index in [4.69, 9.17) is 19.4 Å². The van der Waals surface area contributed by atoms with Crippen molar-refractivity contribution in [2.24, 2.45) is 5.92 Å². The number of aromatic nitrogens is 4. The van der Waals surface area contributed by atoms with Crippen molar-refractivity contribution in [3.05, 3.63) is 36.2 Å². The lowest BCUT2D eigenvalue weighted by molar-refractivity contribution is 0.0985. The van der Waals surface area contributed by atoms with Gasteiger partial charge in [-0.3, -0.25) is 4.57 Å². The smallest absolute Gasteiger partial charge is 0.296 e. The fraction of sp³-hybridized carbons (Fsp3) is 0.607. The first-order chi connectivity index (χ1) is 18.9. The van der Waals surface area contributed by atoms with Gasteiger partial charge in [0.1, 0.15) is 11.6 Å². The quantitative estimate of drug-likeness (QED) is 0.384. The third kappa shape index (κ3) is 6.47. The molecule has 1 saturated carbocycles. The highest BCUT2D eigenvalue weighted by molar-refractivity contribution is 5.78. The molecule has 39 heavy (non-hydrogen) atoms. The average molecular weight is 544 g/mol. The Kier molecular flexibility index (Phi) is 8.89. The van der Waals surface area contributed by atoms with Gasteiger partial charge in [-0.1, -0.05) is 12.1 Å². The number of imidazole rings is 1. The lowest BCUT2D eigenvalue weighted by Gasteiger charge is -2.34. The lowest BCUT2D eigenvalue weighted by atomic mass is 9.85. The summed E-state index contributed by atoms with van der Waals surface area (Å²) in [6.45, 7) is 7.50. The third-order valence-electron chi connectivity index (χ3n) is 7.70. The molecule has 2 aromatic heterocycles. The van der Waals surface area contributed by atoms with Crippen molar-refractivity contribution >= 4 is 22.8 Å². The number of para-hydroxylation sites is 2. The summed E-state index contributed by atoms with van der Waals surface area (Å²) in [7, 11) is 1.73. The van der Waals surface area contributed by atoms with Gasteiger partial charge >= 0.3 is 0 Å². The molecule has 1 unspecified atom stereocenters. The number of ether oxygens (including phenoxy) is 2. The van der Waals surface area contributed by atoms with E-state index in [1.165, 1.54) is 4.57 Å². The minimum atomic E-state index is -2.75. The maximum absolute atomic E-state index is 14.1. The van der Waals surface area contributed by atoms with E-state index in [9.17, 15) is 8.78 Å². The molecule has 1 saturated heterocycles. The Bertz CT molecular complexity index is 1230. The Morgan fingerprint density at radius 3 is 2.62 bits per heavy atom. The molecular weight excluding hydrogens is 504 g/mol. The number of nitrogens with one attached hydrogen (secondary N) is 2. The number of morpholine rings is 1. The number of methoxy groups -OCH3 is 1. The van der Waals surface area contributed by atoms with E-state index in [2.05, 4.69) is 34.4 Å². The minimum absolute atomic E-state index is 0.103. The van der Waals surface area contributed by atoms with Crippen molar-refractivity contribution in [3.8, 4) is 5.82 Å². The summed E-state index contributed by atoms with van der Waals surface area (Å²) in [6, 6.07) is 9.88. The van der Waals surface area contributed by atoms with Crippen LogP contribution in [0.4, 0.5) is 20.5 Å². The number of anilines is 2. The Balaban J connectivity index is 1.39. The van der Waals surface area contributed by atoms with Crippen molar-refractivity contribution in [3.63, 3.8) is 0 Å². The molecule has 1 aromatic carbocycles. The first kappa shape index (κ1) is 27.7. The van der Waals surface area contributed by atoms with Crippen LogP contribution in [-0.4, -0.2) is 77.7 Å². The van der Waals surface area contributed by atoms with Crippen LogP contribution in [0, 0.1) is 5.92 Å². The van der Waals surface area contributed by atoms with Gasteiger partial charge in [0.2, 0.25) is 5.95 Å². The third-order valence-corrected chi connectivity index (χ3v) is 7.70. The highest BCUT2D eigenvalue weighted by Gasteiger charge is 2.26. The summed E-state index contributed by atoms with van der Waals surface area (Å²) in [6.07, 6.45) is 1.66. The highest BCUT2D eigenvalue weighted by Crippen LogP contribution is 2.30. The van der Waals surface area contributed by atoms with Crippen molar-refractivity contribution in [2.45, 2.75) is 64.1 Å². The highest BCUT2D eigenvalue weighted by atomic mass is 19.3. The molecular formula is C28H39F2N7O2. The van der Waals surface area contributed by atoms with Crippen molar-refractivity contribution in [1.29, 1.82) is 0 Å². The number of benzene rings is 1. The number of rotatable bonds is 10. The number of halogens is 2.